The smallest absolute Gasteiger partial charge is 0.268 e. The van der Waals surface area contributed by atoms with Crippen LogP contribution in [0.4, 0.5) is 5.69 Å². The fourth-order valence-electron chi connectivity index (χ4n) is 3.36. The Bertz CT molecular complexity index is 638. The van der Waals surface area contributed by atoms with Crippen molar-refractivity contribution in [3.63, 3.8) is 0 Å². The maximum absolute atomic E-state index is 12.5. The number of ether oxygens (including phenoxy) is 1. The van der Waals surface area contributed by atoms with Gasteiger partial charge in [0.2, 0.25) is 5.91 Å². The van der Waals surface area contributed by atoms with E-state index in [1.54, 1.807) is 6.92 Å². The Kier molecular flexibility index (Phi) is 4.76. The van der Waals surface area contributed by atoms with Crippen LogP contribution >= 0.6 is 0 Å². The number of fused-ring (bicyclic) bond motifs is 1. The van der Waals surface area contributed by atoms with Crippen LogP contribution < -0.4 is 20.7 Å². The fraction of sp³-hybridized carbons (Fsp3) is 0.556. The number of rotatable bonds is 4. The number of nitrogens with two attached hydrogens (primary N) is 1. The molecule has 0 unspecified atom stereocenters. The maximum Gasteiger partial charge on any atom is 0.268 e. The van der Waals surface area contributed by atoms with E-state index in [-0.39, 0.29) is 30.4 Å². The molecule has 0 saturated heterocycles. The van der Waals surface area contributed by atoms with E-state index in [1.165, 1.54) is 4.90 Å². The van der Waals surface area contributed by atoms with Crippen molar-refractivity contribution < 1.29 is 14.3 Å². The molecule has 3 rings (SSSR count). The van der Waals surface area contributed by atoms with Crippen molar-refractivity contribution in [2.45, 2.75) is 57.7 Å². The van der Waals surface area contributed by atoms with Crippen molar-refractivity contribution in [1.82, 2.24) is 5.32 Å². The van der Waals surface area contributed by atoms with Crippen LogP contribution in [-0.4, -0.2) is 30.5 Å². The molecule has 3 N–H and O–H groups in total. The Morgan fingerprint density at radius 1 is 1.42 bits per heavy atom. The van der Waals surface area contributed by atoms with Gasteiger partial charge in [0.25, 0.3) is 5.91 Å². The van der Waals surface area contributed by atoms with E-state index >= 15 is 0 Å². The van der Waals surface area contributed by atoms with Crippen molar-refractivity contribution in [3.05, 3.63) is 23.8 Å². The number of anilines is 1. The molecule has 1 heterocycles. The van der Waals surface area contributed by atoms with Crippen LogP contribution in [0.2, 0.25) is 0 Å². The van der Waals surface area contributed by atoms with Gasteiger partial charge in [-0.05, 0) is 44.4 Å². The van der Waals surface area contributed by atoms with Gasteiger partial charge >= 0.3 is 0 Å². The minimum absolute atomic E-state index is 0.0123. The Morgan fingerprint density at radius 2 is 2.12 bits per heavy atom. The molecule has 2 aliphatic rings. The van der Waals surface area contributed by atoms with Gasteiger partial charge in [0.15, 0.2) is 6.10 Å². The summed E-state index contributed by atoms with van der Waals surface area (Å²) in [4.78, 5) is 26.4. The average Bonchev–Trinajstić information content (AvgIpc) is 3.04. The third-order valence-corrected chi connectivity index (χ3v) is 4.74. The van der Waals surface area contributed by atoms with Crippen LogP contribution in [0.5, 0.6) is 5.75 Å². The topological polar surface area (TPSA) is 84.7 Å². The van der Waals surface area contributed by atoms with Crippen molar-refractivity contribution in [1.29, 1.82) is 0 Å². The molecule has 1 saturated carbocycles. The minimum atomic E-state index is -0.599. The number of benzene rings is 1. The van der Waals surface area contributed by atoms with E-state index in [0.29, 0.717) is 11.4 Å². The molecule has 1 aliphatic carbocycles. The molecule has 1 aliphatic heterocycles. The molecule has 1 fully saturated rings. The molecule has 2 atom stereocenters. The van der Waals surface area contributed by atoms with Crippen LogP contribution in [0.25, 0.3) is 0 Å². The van der Waals surface area contributed by atoms with E-state index in [4.69, 9.17) is 10.5 Å². The van der Waals surface area contributed by atoms with E-state index < -0.39 is 6.10 Å². The molecule has 0 radical (unpaired) electrons. The quantitative estimate of drug-likeness (QED) is 0.882. The second-order valence-electron chi connectivity index (χ2n) is 6.75. The molecule has 0 spiro atoms. The first-order chi connectivity index (χ1) is 11.5. The largest absolute Gasteiger partial charge is 0.479 e. The van der Waals surface area contributed by atoms with E-state index in [9.17, 15) is 9.59 Å². The van der Waals surface area contributed by atoms with Gasteiger partial charge in [0, 0.05) is 12.1 Å². The number of hydrogen-bond donors (Lipinski definition) is 2. The highest BCUT2D eigenvalue weighted by molar-refractivity contribution is 6.03. The second-order valence-corrected chi connectivity index (χ2v) is 6.75. The molecule has 2 amide bonds. The number of nitrogens with zero attached hydrogens (tertiary/aromatic N) is 1. The Hall–Kier alpha value is -2.08. The van der Waals surface area contributed by atoms with Gasteiger partial charge in [-0.25, -0.2) is 0 Å². The summed E-state index contributed by atoms with van der Waals surface area (Å²) in [6.45, 7) is 3.60. The van der Waals surface area contributed by atoms with Crippen LogP contribution in [0.3, 0.4) is 0 Å². The second kappa shape index (κ2) is 6.81. The highest BCUT2D eigenvalue weighted by Crippen LogP contribution is 2.35. The molecule has 130 valence electrons. The number of hydrogen-bond acceptors (Lipinski definition) is 4. The van der Waals surface area contributed by atoms with Crippen LogP contribution in [0.15, 0.2) is 18.2 Å². The standard InChI is InChI=1S/C18H25N3O3/c1-11(19)13-7-8-16-15(9-13)21(18(23)12(2)24-16)10-17(22)20-14-5-3-4-6-14/h7-9,11-12,14H,3-6,10,19H2,1-2H3,(H,20,22)/t11-,12+/m1/s1. The first-order valence-corrected chi connectivity index (χ1v) is 8.62. The highest BCUT2D eigenvalue weighted by atomic mass is 16.5. The molecular formula is C18H25N3O3. The summed E-state index contributed by atoms with van der Waals surface area (Å²) in [5, 5.41) is 3.03. The monoisotopic (exact) mass is 331 g/mol. The molecule has 1 aromatic rings. The zero-order valence-electron chi connectivity index (χ0n) is 14.2. The Labute approximate surface area is 142 Å². The van der Waals surface area contributed by atoms with Crippen LogP contribution in [-0.2, 0) is 9.59 Å². The van der Waals surface area contributed by atoms with E-state index in [1.807, 2.05) is 25.1 Å². The summed E-state index contributed by atoms with van der Waals surface area (Å²) in [5.41, 5.74) is 7.46. The molecule has 24 heavy (non-hydrogen) atoms. The van der Waals surface area contributed by atoms with Gasteiger partial charge in [-0.15, -0.1) is 0 Å². The van der Waals surface area contributed by atoms with Crippen LogP contribution in [0, 0.1) is 0 Å². The predicted molar refractivity (Wildman–Crippen MR) is 91.9 cm³/mol. The fourth-order valence-corrected chi connectivity index (χ4v) is 3.36. The number of carbonyl (C=O) groups excluding carboxylic acids is 2. The third-order valence-electron chi connectivity index (χ3n) is 4.74. The van der Waals surface area contributed by atoms with Gasteiger partial charge < -0.3 is 15.8 Å². The van der Waals surface area contributed by atoms with Gasteiger partial charge in [-0.1, -0.05) is 18.9 Å². The average molecular weight is 331 g/mol. The molecule has 0 bridgehead atoms. The number of amides is 2. The highest BCUT2D eigenvalue weighted by Gasteiger charge is 2.33. The summed E-state index contributed by atoms with van der Waals surface area (Å²) < 4.78 is 5.66. The normalized spacial score (nSPS) is 22.0. The van der Waals surface area contributed by atoms with Gasteiger partial charge in [0.05, 0.1) is 5.69 Å². The molecule has 1 aromatic carbocycles. The SMILES string of the molecule is C[C@@H]1Oc2ccc([C@@H](C)N)cc2N(CC(=O)NC2CCCC2)C1=O. The van der Waals surface area contributed by atoms with Gasteiger partial charge in [-0.3, -0.25) is 14.5 Å². The first kappa shape index (κ1) is 16.8. The Balaban J connectivity index is 1.81. The molecule has 6 nitrogen and oxygen atoms in total. The zero-order chi connectivity index (χ0) is 17.3. The number of carbonyl (C=O) groups is 2. The summed E-state index contributed by atoms with van der Waals surface area (Å²) in [6.07, 6.45) is 3.74. The first-order valence-electron chi connectivity index (χ1n) is 8.62. The lowest BCUT2D eigenvalue weighted by Gasteiger charge is -2.33. The van der Waals surface area contributed by atoms with Crippen molar-refractivity contribution >= 4 is 17.5 Å². The zero-order valence-corrected chi connectivity index (χ0v) is 14.2. The van der Waals surface area contributed by atoms with Gasteiger partial charge in [0.1, 0.15) is 12.3 Å². The molecular weight excluding hydrogens is 306 g/mol. The summed E-state index contributed by atoms with van der Waals surface area (Å²) in [7, 11) is 0. The lowest BCUT2D eigenvalue weighted by molar-refractivity contribution is -0.128. The van der Waals surface area contributed by atoms with Crippen molar-refractivity contribution in [3.8, 4) is 5.75 Å². The maximum atomic E-state index is 12.5. The Morgan fingerprint density at radius 3 is 2.79 bits per heavy atom. The van der Waals surface area contributed by atoms with E-state index in [0.717, 1.165) is 31.2 Å². The lowest BCUT2D eigenvalue weighted by atomic mass is 10.1. The lowest BCUT2D eigenvalue weighted by Crippen LogP contribution is -2.50. The predicted octanol–water partition coefficient (Wildman–Crippen LogP) is 1.88. The minimum Gasteiger partial charge on any atom is -0.479 e. The van der Waals surface area contributed by atoms with Crippen LogP contribution in [0.1, 0.15) is 51.1 Å². The molecule has 6 heteroatoms. The summed E-state index contributed by atoms with van der Waals surface area (Å²) in [5.74, 6) is 0.285. The number of nitrogens with one attached hydrogen (secondary N) is 1. The summed E-state index contributed by atoms with van der Waals surface area (Å²) >= 11 is 0. The summed E-state index contributed by atoms with van der Waals surface area (Å²) in [6, 6.07) is 5.63. The third kappa shape index (κ3) is 3.38. The molecule has 0 aromatic heterocycles. The van der Waals surface area contributed by atoms with E-state index in [2.05, 4.69) is 5.32 Å². The van der Waals surface area contributed by atoms with Crippen molar-refractivity contribution in [2.75, 3.05) is 11.4 Å². The van der Waals surface area contributed by atoms with Gasteiger partial charge in [-0.2, -0.15) is 0 Å². The van der Waals surface area contributed by atoms with Crippen molar-refractivity contribution in [2.24, 2.45) is 5.73 Å².